The second-order valence-corrected chi connectivity index (χ2v) is 11.1. The van der Waals surface area contributed by atoms with Crippen LogP contribution in [0.4, 0.5) is 0 Å². The van der Waals surface area contributed by atoms with Crippen LogP contribution in [-0.2, 0) is 12.8 Å². The number of Topliss-reactive ketones (excluding diaryl/α,β-unsaturated/α-hetero) is 1. The molecule has 6 heteroatoms. The summed E-state index contributed by atoms with van der Waals surface area (Å²) >= 11 is 2.44. The van der Waals surface area contributed by atoms with Gasteiger partial charge in [0.2, 0.25) is 5.78 Å². The Morgan fingerprint density at radius 2 is 1.25 bits per heavy atom. The largest absolute Gasteiger partial charge is 0.507 e. The average molecular weight is 519 g/mol. The van der Waals surface area contributed by atoms with Crippen molar-refractivity contribution in [3.05, 3.63) is 87.8 Å². The standard InChI is InChI=1S/C30H30O4S2/c1-3-5-7-19-9-13-21(14-10-19)35-25-17-23(31)28-27(29(25)33)24(32)18-26(30(28)34)36-22-15-11-20(12-16-22)8-6-4-2/h9-18,31,33H,3-8H2,1-2H3. The topological polar surface area (TPSA) is 74.6 Å². The van der Waals surface area contributed by atoms with E-state index in [1.807, 2.05) is 48.5 Å². The average Bonchev–Trinajstić information content (AvgIpc) is 2.88. The van der Waals surface area contributed by atoms with Gasteiger partial charge in [-0.05, 0) is 67.1 Å². The second kappa shape index (κ2) is 11.8. The predicted molar refractivity (Wildman–Crippen MR) is 147 cm³/mol. The number of fused-ring (bicyclic) bond motifs is 1. The van der Waals surface area contributed by atoms with Crippen LogP contribution < -0.4 is 0 Å². The lowest BCUT2D eigenvalue weighted by Gasteiger charge is -2.19. The monoisotopic (exact) mass is 518 g/mol. The summed E-state index contributed by atoms with van der Waals surface area (Å²) in [7, 11) is 0. The highest BCUT2D eigenvalue weighted by molar-refractivity contribution is 8.04. The molecule has 0 unspecified atom stereocenters. The van der Waals surface area contributed by atoms with Crippen LogP contribution in [0.3, 0.4) is 0 Å². The Kier molecular flexibility index (Phi) is 8.60. The van der Waals surface area contributed by atoms with Crippen molar-refractivity contribution in [2.24, 2.45) is 0 Å². The highest BCUT2D eigenvalue weighted by Crippen LogP contribution is 2.45. The van der Waals surface area contributed by atoms with Gasteiger partial charge in [0.15, 0.2) is 5.78 Å². The maximum absolute atomic E-state index is 13.2. The number of carbonyl (C=O) groups is 2. The molecule has 0 heterocycles. The van der Waals surface area contributed by atoms with Gasteiger partial charge in [0, 0.05) is 15.9 Å². The first-order chi connectivity index (χ1) is 17.4. The third-order valence-electron chi connectivity index (χ3n) is 6.14. The first-order valence-electron chi connectivity index (χ1n) is 12.3. The van der Waals surface area contributed by atoms with E-state index in [2.05, 4.69) is 13.8 Å². The highest BCUT2D eigenvalue weighted by Gasteiger charge is 2.33. The molecule has 3 aromatic rings. The second-order valence-electron chi connectivity index (χ2n) is 8.89. The number of hydrogen-bond acceptors (Lipinski definition) is 6. The molecular formula is C30H30O4S2. The molecule has 0 atom stereocenters. The number of hydrogen-bond donors (Lipinski definition) is 2. The van der Waals surface area contributed by atoms with Gasteiger partial charge in [-0.15, -0.1) is 0 Å². The lowest BCUT2D eigenvalue weighted by molar-refractivity contribution is 0.0986. The lowest BCUT2D eigenvalue weighted by atomic mass is 9.93. The summed E-state index contributed by atoms with van der Waals surface area (Å²) in [5.74, 6) is -1.53. The lowest BCUT2D eigenvalue weighted by Crippen LogP contribution is -2.16. The predicted octanol–water partition coefficient (Wildman–Crippen LogP) is 7.99. The third kappa shape index (κ3) is 5.88. The summed E-state index contributed by atoms with van der Waals surface area (Å²) in [6.45, 7) is 4.31. The first-order valence-corrected chi connectivity index (χ1v) is 14.0. The molecule has 1 aliphatic rings. The summed E-state index contributed by atoms with van der Waals surface area (Å²) in [4.78, 5) is 28.5. The van der Waals surface area contributed by atoms with Gasteiger partial charge in [-0.2, -0.15) is 0 Å². The first kappa shape index (κ1) is 26.1. The quantitative estimate of drug-likeness (QED) is 0.265. The molecule has 0 saturated heterocycles. The number of aromatic hydroxyl groups is 2. The van der Waals surface area contributed by atoms with Gasteiger partial charge >= 0.3 is 0 Å². The molecule has 0 aromatic heterocycles. The van der Waals surface area contributed by atoms with Crippen LogP contribution in [0.15, 0.2) is 80.3 Å². The molecule has 0 radical (unpaired) electrons. The maximum Gasteiger partial charge on any atom is 0.204 e. The number of thioether (sulfide) groups is 1. The molecule has 0 fully saturated rings. The van der Waals surface area contributed by atoms with Crippen LogP contribution in [0, 0.1) is 0 Å². The van der Waals surface area contributed by atoms with Gasteiger partial charge in [-0.25, -0.2) is 0 Å². The van der Waals surface area contributed by atoms with Crippen molar-refractivity contribution in [2.45, 2.75) is 67.1 Å². The van der Waals surface area contributed by atoms with Crippen LogP contribution in [0.2, 0.25) is 0 Å². The van der Waals surface area contributed by atoms with Crippen molar-refractivity contribution in [3.63, 3.8) is 0 Å². The number of allylic oxidation sites excluding steroid dienone is 2. The summed E-state index contributed by atoms with van der Waals surface area (Å²) in [6, 6.07) is 17.3. The van der Waals surface area contributed by atoms with Gasteiger partial charge in [-0.3, -0.25) is 9.59 Å². The number of ketones is 2. The number of carbonyl (C=O) groups excluding carboxylic acids is 2. The van der Waals surface area contributed by atoms with Crippen LogP contribution in [0.25, 0.3) is 0 Å². The molecule has 4 rings (SSSR count). The zero-order valence-corrected chi connectivity index (χ0v) is 22.2. The number of phenols is 2. The molecular weight excluding hydrogens is 488 g/mol. The number of unbranched alkanes of at least 4 members (excludes halogenated alkanes) is 2. The molecule has 0 aliphatic heterocycles. The molecule has 1 aliphatic carbocycles. The zero-order chi connectivity index (χ0) is 25.7. The Hall–Kier alpha value is -2.96. The van der Waals surface area contributed by atoms with Crippen LogP contribution in [-0.4, -0.2) is 21.8 Å². The third-order valence-corrected chi connectivity index (χ3v) is 8.21. The number of benzene rings is 3. The van der Waals surface area contributed by atoms with E-state index in [1.54, 1.807) is 0 Å². The van der Waals surface area contributed by atoms with Gasteiger partial charge < -0.3 is 10.2 Å². The normalized spacial score (nSPS) is 13.0. The molecule has 36 heavy (non-hydrogen) atoms. The maximum atomic E-state index is 13.2. The molecule has 2 N–H and O–H groups in total. The van der Waals surface area contributed by atoms with Gasteiger partial charge in [0.25, 0.3) is 0 Å². The number of rotatable bonds is 10. The van der Waals surface area contributed by atoms with Crippen molar-refractivity contribution in [1.82, 2.24) is 0 Å². The molecule has 3 aromatic carbocycles. The van der Waals surface area contributed by atoms with E-state index in [1.165, 1.54) is 46.8 Å². The van der Waals surface area contributed by atoms with E-state index in [-0.39, 0.29) is 27.5 Å². The van der Waals surface area contributed by atoms with Crippen molar-refractivity contribution in [3.8, 4) is 11.5 Å². The smallest absolute Gasteiger partial charge is 0.204 e. The van der Waals surface area contributed by atoms with Crippen molar-refractivity contribution >= 4 is 35.1 Å². The molecule has 186 valence electrons. The Balaban J connectivity index is 1.55. The van der Waals surface area contributed by atoms with Crippen LogP contribution in [0.1, 0.15) is 71.4 Å². The summed E-state index contributed by atoms with van der Waals surface area (Å²) in [5, 5.41) is 21.7. The number of phenolic OH excluding ortho intramolecular Hbond substituents is 2. The SMILES string of the molecule is CCCCc1ccc(SC2=CC(=O)c3c(O)c(Sc4ccc(CCCC)cc4)cc(O)c3C2=O)cc1. The minimum absolute atomic E-state index is 0.138. The fraction of sp³-hybridized carbons (Fsp3) is 0.267. The summed E-state index contributed by atoms with van der Waals surface area (Å²) < 4.78 is 0. The van der Waals surface area contributed by atoms with E-state index in [0.29, 0.717) is 4.90 Å². The minimum atomic E-state index is -0.489. The molecule has 0 spiro atoms. The molecule has 4 nitrogen and oxygen atoms in total. The van der Waals surface area contributed by atoms with E-state index >= 15 is 0 Å². The fourth-order valence-electron chi connectivity index (χ4n) is 4.10. The van der Waals surface area contributed by atoms with Crippen LogP contribution >= 0.6 is 23.5 Å². The Morgan fingerprint density at radius 1 is 0.722 bits per heavy atom. The highest BCUT2D eigenvalue weighted by atomic mass is 32.2. The molecule has 0 amide bonds. The van der Waals surface area contributed by atoms with Gasteiger partial charge in [0.1, 0.15) is 11.5 Å². The molecule has 0 bridgehead atoms. The minimum Gasteiger partial charge on any atom is -0.507 e. The summed E-state index contributed by atoms with van der Waals surface area (Å²) in [5.41, 5.74) is 2.20. The van der Waals surface area contributed by atoms with Crippen molar-refractivity contribution < 1.29 is 19.8 Å². The van der Waals surface area contributed by atoms with Crippen molar-refractivity contribution in [2.75, 3.05) is 0 Å². The van der Waals surface area contributed by atoms with E-state index in [0.717, 1.165) is 48.3 Å². The van der Waals surface area contributed by atoms with E-state index in [9.17, 15) is 19.8 Å². The van der Waals surface area contributed by atoms with E-state index < -0.39 is 11.6 Å². The van der Waals surface area contributed by atoms with Crippen molar-refractivity contribution in [1.29, 1.82) is 0 Å². The Morgan fingerprint density at radius 3 is 1.78 bits per heavy atom. The Bertz CT molecular complexity index is 1290. The Labute approximate surface area is 220 Å². The van der Waals surface area contributed by atoms with Crippen LogP contribution in [0.5, 0.6) is 11.5 Å². The number of aryl methyl sites for hydroxylation is 2. The fourth-order valence-corrected chi connectivity index (χ4v) is 5.88. The zero-order valence-electron chi connectivity index (χ0n) is 20.5. The molecule has 0 saturated carbocycles. The summed E-state index contributed by atoms with van der Waals surface area (Å²) in [6.07, 6.45) is 7.78. The van der Waals surface area contributed by atoms with Gasteiger partial charge in [0.05, 0.1) is 20.9 Å². The van der Waals surface area contributed by atoms with E-state index in [4.69, 9.17) is 0 Å². The van der Waals surface area contributed by atoms with Gasteiger partial charge in [-0.1, -0.05) is 74.5 Å².